The van der Waals surface area contributed by atoms with Crippen molar-refractivity contribution < 1.29 is 4.74 Å². The van der Waals surface area contributed by atoms with Crippen LogP contribution in [0.5, 0.6) is 0 Å². The fourth-order valence-corrected chi connectivity index (χ4v) is 2.16. The van der Waals surface area contributed by atoms with Crippen molar-refractivity contribution in [2.75, 3.05) is 19.8 Å². The second-order valence-corrected chi connectivity index (χ2v) is 5.33. The highest BCUT2D eigenvalue weighted by atomic mass is 16.5. The first kappa shape index (κ1) is 14.0. The van der Waals surface area contributed by atoms with E-state index in [4.69, 9.17) is 4.74 Å². The van der Waals surface area contributed by atoms with Crippen LogP contribution in [0, 0.1) is 11.8 Å². The lowest BCUT2D eigenvalue weighted by Crippen LogP contribution is -2.36. The summed E-state index contributed by atoms with van der Waals surface area (Å²) >= 11 is 0. The monoisotopic (exact) mass is 227 g/mol. The molecule has 16 heavy (non-hydrogen) atoms. The zero-order valence-electron chi connectivity index (χ0n) is 11.3. The molecule has 2 unspecified atom stereocenters. The van der Waals surface area contributed by atoms with E-state index in [0.717, 1.165) is 31.6 Å². The van der Waals surface area contributed by atoms with Crippen LogP contribution in [0.15, 0.2) is 0 Å². The first-order valence-electron chi connectivity index (χ1n) is 7.09. The fourth-order valence-electron chi connectivity index (χ4n) is 2.16. The van der Waals surface area contributed by atoms with Crippen molar-refractivity contribution in [3.63, 3.8) is 0 Å². The predicted molar refractivity (Wildman–Crippen MR) is 69.7 cm³/mol. The van der Waals surface area contributed by atoms with E-state index in [9.17, 15) is 0 Å². The lowest BCUT2D eigenvalue weighted by atomic mass is 10.1. The summed E-state index contributed by atoms with van der Waals surface area (Å²) in [6, 6.07) is 0.619. The lowest BCUT2D eigenvalue weighted by molar-refractivity contribution is 0.0786. The molecule has 1 N–H and O–H groups in total. The largest absolute Gasteiger partial charge is 0.380 e. The van der Waals surface area contributed by atoms with Gasteiger partial charge in [-0.1, -0.05) is 27.2 Å². The Morgan fingerprint density at radius 1 is 1.19 bits per heavy atom. The molecule has 0 spiro atoms. The molecule has 2 nitrogen and oxygen atoms in total. The zero-order chi connectivity index (χ0) is 11.8. The minimum Gasteiger partial charge on any atom is -0.380 e. The van der Waals surface area contributed by atoms with E-state index < -0.39 is 0 Å². The fraction of sp³-hybridized carbons (Fsp3) is 1.00. The van der Waals surface area contributed by atoms with E-state index in [-0.39, 0.29) is 0 Å². The van der Waals surface area contributed by atoms with Gasteiger partial charge in [0.1, 0.15) is 0 Å². The topological polar surface area (TPSA) is 21.3 Å². The molecule has 1 rings (SSSR count). The summed E-state index contributed by atoms with van der Waals surface area (Å²) in [5.74, 6) is 1.61. The molecule has 0 bridgehead atoms. The third kappa shape index (κ3) is 5.86. The van der Waals surface area contributed by atoms with Crippen molar-refractivity contribution in [2.45, 2.75) is 58.9 Å². The normalized spacial score (nSPS) is 19.7. The molecule has 96 valence electrons. The smallest absolute Gasteiger partial charge is 0.0622 e. The average Bonchev–Trinajstić information content (AvgIpc) is 3.07. The van der Waals surface area contributed by atoms with E-state index in [2.05, 4.69) is 26.1 Å². The Hall–Kier alpha value is -0.0800. The van der Waals surface area contributed by atoms with Crippen LogP contribution in [0.25, 0.3) is 0 Å². The second-order valence-electron chi connectivity index (χ2n) is 5.33. The number of rotatable bonds is 10. The highest BCUT2D eigenvalue weighted by Gasteiger charge is 2.30. The summed E-state index contributed by atoms with van der Waals surface area (Å²) in [5, 5.41) is 3.61. The highest BCUT2D eigenvalue weighted by molar-refractivity contribution is 4.86. The maximum Gasteiger partial charge on any atom is 0.0622 e. The van der Waals surface area contributed by atoms with Crippen LogP contribution in [0.4, 0.5) is 0 Å². The Balaban J connectivity index is 2.07. The van der Waals surface area contributed by atoms with Gasteiger partial charge in [-0.05, 0) is 44.1 Å². The van der Waals surface area contributed by atoms with Crippen molar-refractivity contribution >= 4 is 0 Å². The molecule has 1 aliphatic carbocycles. The summed E-state index contributed by atoms with van der Waals surface area (Å²) in [6.45, 7) is 9.74. The van der Waals surface area contributed by atoms with Crippen LogP contribution in [-0.4, -0.2) is 25.8 Å². The van der Waals surface area contributed by atoms with Crippen LogP contribution >= 0.6 is 0 Å². The molecule has 0 aliphatic heterocycles. The van der Waals surface area contributed by atoms with Crippen molar-refractivity contribution in [2.24, 2.45) is 11.8 Å². The minimum atomic E-state index is 0.619. The number of nitrogens with one attached hydrogen (secondary N) is 1. The third-order valence-corrected chi connectivity index (χ3v) is 3.33. The molecule has 0 saturated heterocycles. The molecule has 0 radical (unpaired) electrons. The molecular formula is C14H29NO. The predicted octanol–water partition coefficient (Wildman–Crippen LogP) is 3.22. The summed E-state index contributed by atoms with van der Waals surface area (Å²) in [5.41, 5.74) is 0. The van der Waals surface area contributed by atoms with E-state index in [1.165, 1.54) is 32.1 Å². The molecule has 2 heteroatoms. The summed E-state index contributed by atoms with van der Waals surface area (Å²) in [7, 11) is 0. The van der Waals surface area contributed by atoms with Gasteiger partial charge in [-0.15, -0.1) is 0 Å². The summed E-state index contributed by atoms with van der Waals surface area (Å²) in [6.07, 6.45) is 6.57. The maximum atomic E-state index is 5.85. The average molecular weight is 227 g/mol. The van der Waals surface area contributed by atoms with Gasteiger partial charge >= 0.3 is 0 Å². The molecule has 0 heterocycles. The van der Waals surface area contributed by atoms with Gasteiger partial charge < -0.3 is 10.1 Å². The molecule has 0 amide bonds. The van der Waals surface area contributed by atoms with E-state index in [0.29, 0.717) is 6.04 Å². The van der Waals surface area contributed by atoms with Crippen molar-refractivity contribution in [1.29, 1.82) is 0 Å². The van der Waals surface area contributed by atoms with Gasteiger partial charge in [-0.3, -0.25) is 0 Å². The van der Waals surface area contributed by atoms with Crippen molar-refractivity contribution in [1.82, 2.24) is 5.32 Å². The standard InChI is InChI=1S/C14H29NO/c1-4-6-12(3)10-16-11-14(13-7-8-13)15-9-5-2/h12-15H,4-11H2,1-3H3. The SMILES string of the molecule is CCCNC(COCC(C)CCC)C1CC1. The number of hydrogen-bond acceptors (Lipinski definition) is 2. The van der Waals surface area contributed by atoms with Crippen molar-refractivity contribution in [3.05, 3.63) is 0 Å². The quantitative estimate of drug-likeness (QED) is 0.619. The van der Waals surface area contributed by atoms with Gasteiger partial charge in [-0.25, -0.2) is 0 Å². The molecule has 0 aromatic carbocycles. The number of hydrogen-bond donors (Lipinski definition) is 1. The van der Waals surface area contributed by atoms with Crippen molar-refractivity contribution in [3.8, 4) is 0 Å². The lowest BCUT2D eigenvalue weighted by Gasteiger charge is -2.19. The van der Waals surface area contributed by atoms with E-state index in [1.807, 2.05) is 0 Å². The Labute approximate surface area is 101 Å². The Bertz CT molecular complexity index is 168. The van der Waals surface area contributed by atoms with Crippen LogP contribution in [0.2, 0.25) is 0 Å². The Kier molecular flexibility index (Phi) is 7.06. The molecular weight excluding hydrogens is 198 g/mol. The summed E-state index contributed by atoms with van der Waals surface area (Å²) < 4.78 is 5.85. The van der Waals surface area contributed by atoms with E-state index >= 15 is 0 Å². The second kappa shape index (κ2) is 8.08. The minimum absolute atomic E-state index is 0.619. The molecule has 1 saturated carbocycles. The molecule has 2 atom stereocenters. The Morgan fingerprint density at radius 2 is 1.94 bits per heavy atom. The molecule has 0 aromatic heterocycles. The molecule has 0 aromatic rings. The van der Waals surface area contributed by atoms with Gasteiger partial charge in [0.05, 0.1) is 6.61 Å². The first-order valence-corrected chi connectivity index (χ1v) is 7.09. The van der Waals surface area contributed by atoms with E-state index in [1.54, 1.807) is 0 Å². The van der Waals surface area contributed by atoms with Gasteiger partial charge in [0.25, 0.3) is 0 Å². The number of ether oxygens (including phenoxy) is 1. The Morgan fingerprint density at radius 3 is 2.50 bits per heavy atom. The maximum absolute atomic E-state index is 5.85. The van der Waals surface area contributed by atoms with Gasteiger partial charge in [0, 0.05) is 12.6 Å². The van der Waals surface area contributed by atoms with Crippen LogP contribution in [-0.2, 0) is 4.74 Å². The first-order chi connectivity index (χ1) is 7.77. The van der Waals surface area contributed by atoms with Crippen LogP contribution in [0.1, 0.15) is 52.9 Å². The zero-order valence-corrected chi connectivity index (χ0v) is 11.3. The van der Waals surface area contributed by atoms with Crippen LogP contribution in [0.3, 0.4) is 0 Å². The van der Waals surface area contributed by atoms with Gasteiger partial charge in [0.2, 0.25) is 0 Å². The van der Waals surface area contributed by atoms with Crippen LogP contribution < -0.4 is 5.32 Å². The summed E-state index contributed by atoms with van der Waals surface area (Å²) in [4.78, 5) is 0. The molecule has 1 fully saturated rings. The third-order valence-electron chi connectivity index (χ3n) is 3.33. The molecule has 1 aliphatic rings. The van der Waals surface area contributed by atoms with Gasteiger partial charge in [0.15, 0.2) is 0 Å². The van der Waals surface area contributed by atoms with Gasteiger partial charge in [-0.2, -0.15) is 0 Å². The highest BCUT2D eigenvalue weighted by Crippen LogP contribution is 2.32.